The molecule has 1 heterocycles. The highest BCUT2D eigenvalue weighted by Gasteiger charge is 2.13. The highest BCUT2D eigenvalue weighted by atomic mass is 16.4. The number of unbranched alkanes of at least 4 members (excludes halogenated alkanes) is 2. The second-order valence-electron chi connectivity index (χ2n) is 6.19. The van der Waals surface area contributed by atoms with Gasteiger partial charge in [0, 0.05) is 0 Å². The van der Waals surface area contributed by atoms with Crippen molar-refractivity contribution in [3.8, 4) is 0 Å². The van der Waals surface area contributed by atoms with Crippen molar-refractivity contribution >= 4 is 27.9 Å². The van der Waals surface area contributed by atoms with Gasteiger partial charge in [0.1, 0.15) is 11.2 Å². The smallest absolute Gasteiger partial charge is 0.335 e. The Morgan fingerprint density at radius 3 is 2.62 bits per heavy atom. The molecule has 0 saturated heterocycles. The first-order valence-corrected chi connectivity index (χ1v) is 8.24. The summed E-state index contributed by atoms with van der Waals surface area (Å²) in [6.45, 7) is 4.10. The fourth-order valence-electron chi connectivity index (χ4n) is 3.06. The molecule has 3 aromatic rings. The molecule has 0 unspecified atom stereocenters. The van der Waals surface area contributed by atoms with Crippen LogP contribution in [0.3, 0.4) is 0 Å². The molecule has 0 aliphatic carbocycles. The van der Waals surface area contributed by atoms with Crippen molar-refractivity contribution in [3.63, 3.8) is 0 Å². The molecule has 0 spiro atoms. The van der Waals surface area contributed by atoms with Gasteiger partial charge in [-0.2, -0.15) is 0 Å². The molecule has 2 aromatic carbocycles. The summed E-state index contributed by atoms with van der Waals surface area (Å²) in [5.74, 6) is -1.05. The summed E-state index contributed by atoms with van der Waals surface area (Å²) in [6.07, 6.45) is 4.32. The van der Waals surface area contributed by atoms with Gasteiger partial charge in [0.15, 0.2) is 0 Å². The van der Waals surface area contributed by atoms with Gasteiger partial charge in [-0.25, -0.2) is 4.79 Å². The fourth-order valence-corrected chi connectivity index (χ4v) is 3.06. The lowest BCUT2D eigenvalue weighted by atomic mass is 10.0. The van der Waals surface area contributed by atoms with Crippen LogP contribution >= 0.6 is 0 Å². The number of hydrogen-bond acceptors (Lipinski definition) is 3. The Morgan fingerprint density at radius 2 is 1.92 bits per heavy atom. The minimum atomic E-state index is -1.05. The zero-order valence-corrected chi connectivity index (χ0v) is 13.9. The first-order chi connectivity index (χ1) is 11.5. The maximum Gasteiger partial charge on any atom is 0.335 e. The largest absolute Gasteiger partial charge is 0.478 e. The van der Waals surface area contributed by atoms with Crippen LogP contribution in [0.2, 0.25) is 0 Å². The monoisotopic (exact) mass is 324 g/mol. The molecule has 4 nitrogen and oxygen atoms in total. The number of carboxylic acid groups (broad SMARTS) is 1. The van der Waals surface area contributed by atoms with Crippen LogP contribution in [0.5, 0.6) is 0 Å². The number of carbonyl (C=O) groups is 1. The SMILES string of the molecule is CCCCCc1cc(C)c2oc3ccc(C(=O)O)cc3c(=O)c2c1. The number of aromatic carboxylic acids is 1. The molecule has 24 heavy (non-hydrogen) atoms. The first-order valence-electron chi connectivity index (χ1n) is 8.24. The summed E-state index contributed by atoms with van der Waals surface area (Å²) in [7, 11) is 0. The van der Waals surface area contributed by atoms with Crippen molar-refractivity contribution in [2.45, 2.75) is 39.5 Å². The zero-order valence-electron chi connectivity index (χ0n) is 13.9. The Bertz CT molecular complexity index is 982. The molecule has 124 valence electrons. The minimum absolute atomic E-state index is 0.0879. The lowest BCUT2D eigenvalue weighted by molar-refractivity contribution is 0.0697. The Balaban J connectivity index is 2.21. The van der Waals surface area contributed by atoms with E-state index in [2.05, 4.69) is 13.0 Å². The van der Waals surface area contributed by atoms with E-state index in [-0.39, 0.29) is 11.0 Å². The first kappa shape index (κ1) is 16.2. The third kappa shape index (κ3) is 2.92. The second-order valence-corrected chi connectivity index (χ2v) is 6.19. The molecule has 4 heteroatoms. The lowest BCUT2D eigenvalue weighted by Gasteiger charge is -2.08. The quantitative estimate of drug-likeness (QED) is 0.546. The van der Waals surface area contributed by atoms with E-state index < -0.39 is 5.97 Å². The van der Waals surface area contributed by atoms with Crippen LogP contribution in [0.4, 0.5) is 0 Å². The molecular formula is C20H20O4. The molecule has 0 atom stereocenters. The number of hydrogen-bond donors (Lipinski definition) is 1. The van der Waals surface area contributed by atoms with Gasteiger partial charge in [-0.15, -0.1) is 0 Å². The molecule has 0 bridgehead atoms. The van der Waals surface area contributed by atoms with Crippen molar-refractivity contribution in [1.29, 1.82) is 0 Å². The van der Waals surface area contributed by atoms with Gasteiger partial charge in [-0.05, 0) is 55.2 Å². The third-order valence-electron chi connectivity index (χ3n) is 4.33. The Labute approximate surface area is 139 Å². The van der Waals surface area contributed by atoms with Gasteiger partial charge in [0.25, 0.3) is 0 Å². The average Bonchev–Trinajstić information content (AvgIpc) is 2.56. The van der Waals surface area contributed by atoms with E-state index in [9.17, 15) is 9.59 Å². The van der Waals surface area contributed by atoms with Gasteiger partial charge in [-0.3, -0.25) is 4.79 Å². The zero-order chi connectivity index (χ0) is 17.3. The van der Waals surface area contributed by atoms with Crippen LogP contribution in [-0.4, -0.2) is 11.1 Å². The van der Waals surface area contributed by atoms with Gasteiger partial charge >= 0.3 is 5.97 Å². The molecule has 3 rings (SSSR count). The normalized spacial score (nSPS) is 11.2. The minimum Gasteiger partial charge on any atom is -0.478 e. The average molecular weight is 324 g/mol. The van der Waals surface area contributed by atoms with Gasteiger partial charge in [0.2, 0.25) is 5.43 Å². The highest BCUT2D eigenvalue weighted by molar-refractivity contribution is 5.96. The number of carboxylic acids is 1. The predicted octanol–water partition coefficient (Wildman–Crippen LogP) is 4.69. The molecular weight excluding hydrogens is 304 g/mol. The highest BCUT2D eigenvalue weighted by Crippen LogP contribution is 2.24. The molecule has 1 N–H and O–H groups in total. The van der Waals surface area contributed by atoms with Crippen molar-refractivity contribution in [2.24, 2.45) is 0 Å². The molecule has 0 aliphatic rings. The van der Waals surface area contributed by atoms with Crippen LogP contribution in [0.1, 0.15) is 47.7 Å². The van der Waals surface area contributed by atoms with Crippen LogP contribution in [0, 0.1) is 6.92 Å². The van der Waals surface area contributed by atoms with E-state index in [1.165, 1.54) is 12.1 Å². The molecule has 0 fully saturated rings. The van der Waals surface area contributed by atoms with Crippen LogP contribution in [0.25, 0.3) is 21.9 Å². The molecule has 1 aromatic heterocycles. The van der Waals surface area contributed by atoms with Crippen LogP contribution in [0.15, 0.2) is 39.5 Å². The summed E-state index contributed by atoms with van der Waals surface area (Å²) >= 11 is 0. The molecule has 0 amide bonds. The van der Waals surface area contributed by atoms with Crippen LogP contribution in [-0.2, 0) is 6.42 Å². The molecule has 0 saturated carbocycles. The van der Waals surface area contributed by atoms with E-state index >= 15 is 0 Å². The van der Waals surface area contributed by atoms with Crippen LogP contribution < -0.4 is 5.43 Å². The predicted molar refractivity (Wildman–Crippen MR) is 94.9 cm³/mol. The van der Waals surface area contributed by atoms with E-state index in [1.807, 2.05) is 13.0 Å². The van der Waals surface area contributed by atoms with Gasteiger partial charge in [-0.1, -0.05) is 25.8 Å². The topological polar surface area (TPSA) is 67.5 Å². The maximum absolute atomic E-state index is 12.8. The van der Waals surface area contributed by atoms with E-state index in [4.69, 9.17) is 9.52 Å². The van der Waals surface area contributed by atoms with Gasteiger partial charge in [0.05, 0.1) is 16.3 Å². The summed E-state index contributed by atoms with van der Waals surface area (Å²) in [6, 6.07) is 8.35. The van der Waals surface area contributed by atoms with E-state index in [0.717, 1.165) is 36.8 Å². The number of rotatable bonds is 5. The molecule has 0 radical (unpaired) electrons. The summed E-state index contributed by atoms with van der Waals surface area (Å²) in [5, 5.41) is 9.96. The Hall–Kier alpha value is -2.62. The van der Waals surface area contributed by atoms with Gasteiger partial charge < -0.3 is 9.52 Å². The summed E-state index contributed by atoms with van der Waals surface area (Å²) < 4.78 is 5.88. The number of benzene rings is 2. The van der Waals surface area contributed by atoms with E-state index in [0.29, 0.717) is 21.9 Å². The maximum atomic E-state index is 12.8. The number of fused-ring (bicyclic) bond motifs is 2. The summed E-state index contributed by atoms with van der Waals surface area (Å²) in [4.78, 5) is 24.0. The van der Waals surface area contributed by atoms with Crippen molar-refractivity contribution in [1.82, 2.24) is 0 Å². The molecule has 0 aliphatic heterocycles. The Kier molecular flexibility index (Phi) is 4.38. The van der Waals surface area contributed by atoms with E-state index in [1.54, 1.807) is 6.07 Å². The third-order valence-corrected chi connectivity index (χ3v) is 4.33. The van der Waals surface area contributed by atoms with Crippen molar-refractivity contribution in [3.05, 3.63) is 57.2 Å². The fraction of sp³-hybridized carbons (Fsp3) is 0.300. The van der Waals surface area contributed by atoms with Crippen molar-refractivity contribution in [2.75, 3.05) is 0 Å². The second kappa shape index (κ2) is 6.48. The number of aryl methyl sites for hydroxylation is 2. The van der Waals surface area contributed by atoms with Crippen molar-refractivity contribution < 1.29 is 14.3 Å². The summed E-state index contributed by atoms with van der Waals surface area (Å²) in [5.41, 5.74) is 2.96. The standard InChI is InChI=1S/C20H20O4/c1-3-4-5-6-13-9-12(2)19-16(10-13)18(21)15-11-14(20(22)23)7-8-17(15)24-19/h7-11H,3-6H2,1-2H3,(H,22,23). The Morgan fingerprint density at radius 1 is 1.12 bits per heavy atom. The lowest BCUT2D eigenvalue weighted by Crippen LogP contribution is -2.06.